The molecule has 0 heterocycles. The second-order valence-electron chi connectivity index (χ2n) is 2.76. The van der Waals surface area contributed by atoms with Crippen LogP contribution in [0.4, 0.5) is 8.78 Å². The summed E-state index contributed by atoms with van der Waals surface area (Å²) in [6, 6.07) is -0.819. The van der Waals surface area contributed by atoms with Gasteiger partial charge >= 0.3 is 0 Å². The van der Waals surface area contributed by atoms with Crippen molar-refractivity contribution in [3.63, 3.8) is 0 Å². The molecule has 0 radical (unpaired) electrons. The van der Waals surface area contributed by atoms with Crippen LogP contribution in [0, 0.1) is 0 Å². The molecule has 0 saturated heterocycles. The monoisotopic (exact) mass is 261 g/mol. The van der Waals surface area contributed by atoms with Crippen LogP contribution >= 0.6 is 16.1 Å². The molecule has 0 aromatic rings. The first-order valence-electron chi connectivity index (χ1n) is 3.91. The molecular formula is C7H14BrF2NO2. The van der Waals surface area contributed by atoms with Gasteiger partial charge in [0.1, 0.15) is 0 Å². The fourth-order valence-electron chi connectivity index (χ4n) is 0.824. The highest BCUT2D eigenvalue weighted by Crippen LogP contribution is 2.25. The second kappa shape index (κ2) is 5.85. The lowest BCUT2D eigenvalue weighted by Gasteiger charge is -2.24. The Morgan fingerprint density at radius 3 is 2.46 bits per heavy atom. The van der Waals surface area contributed by atoms with Gasteiger partial charge in [0.2, 0.25) is 5.92 Å². The van der Waals surface area contributed by atoms with Gasteiger partial charge in [0.15, 0.2) is 6.29 Å². The van der Waals surface area contributed by atoms with Crippen molar-refractivity contribution in [2.45, 2.75) is 38.0 Å². The van der Waals surface area contributed by atoms with Crippen LogP contribution in [0.25, 0.3) is 0 Å². The Morgan fingerprint density at radius 2 is 2.15 bits per heavy atom. The van der Waals surface area contributed by atoms with E-state index in [1.165, 1.54) is 14.0 Å². The van der Waals surface area contributed by atoms with Gasteiger partial charge in [0.25, 0.3) is 0 Å². The molecule has 1 unspecified atom stereocenters. The maximum Gasteiger partial charge on any atom is 0.249 e. The highest BCUT2D eigenvalue weighted by Gasteiger charge is 2.33. The van der Waals surface area contributed by atoms with Crippen molar-refractivity contribution in [1.29, 1.82) is 0 Å². The molecule has 0 aliphatic carbocycles. The maximum absolute atomic E-state index is 12.9. The summed E-state index contributed by atoms with van der Waals surface area (Å²) in [6.07, 6.45) is -1.96. The molecule has 0 aliphatic rings. The highest BCUT2D eigenvalue weighted by atomic mass is 79.9. The Hall–Kier alpha value is 0.220. The van der Waals surface area contributed by atoms with Gasteiger partial charge in [-0.25, -0.2) is 13.1 Å². The molecule has 0 saturated carbocycles. The normalized spacial score (nSPS) is 17.1. The summed E-state index contributed by atoms with van der Waals surface area (Å²) >= 11 is 2.82. The van der Waals surface area contributed by atoms with Crippen molar-refractivity contribution in [3.05, 3.63) is 0 Å². The van der Waals surface area contributed by atoms with E-state index in [4.69, 9.17) is 5.11 Å². The summed E-state index contributed by atoms with van der Waals surface area (Å²) in [5.41, 5.74) is 0. The first-order valence-corrected chi connectivity index (χ1v) is 4.71. The lowest BCUT2D eigenvalue weighted by Crippen LogP contribution is -2.40. The zero-order chi connectivity index (χ0) is 10.5. The average molecular weight is 262 g/mol. The third-order valence-electron chi connectivity index (χ3n) is 1.76. The molecule has 0 aliphatic heterocycles. The van der Waals surface area contributed by atoms with Gasteiger partial charge in [-0.15, -0.1) is 0 Å². The van der Waals surface area contributed by atoms with E-state index in [-0.39, 0.29) is 6.42 Å². The largest absolute Gasteiger partial charge is 0.367 e. The Bertz CT molecular complexity index is 148. The first kappa shape index (κ1) is 13.2. The molecule has 13 heavy (non-hydrogen) atoms. The summed E-state index contributed by atoms with van der Waals surface area (Å²) in [6.45, 7) is 1.39. The summed E-state index contributed by atoms with van der Waals surface area (Å²) < 4.78 is 32.6. The lowest BCUT2D eigenvalue weighted by molar-refractivity contribution is -0.116. The summed E-state index contributed by atoms with van der Waals surface area (Å²) in [5.74, 6) is -2.79. The van der Waals surface area contributed by atoms with Gasteiger partial charge in [0, 0.05) is 36.1 Å². The minimum Gasteiger partial charge on any atom is -0.367 e. The van der Waals surface area contributed by atoms with Crippen molar-refractivity contribution >= 4 is 16.1 Å². The molecule has 3 nitrogen and oxygen atoms in total. The number of aliphatic hydroxyl groups is 1. The average Bonchev–Trinajstić information content (AvgIpc) is 2.13. The topological polar surface area (TPSA) is 41.5 Å². The molecule has 0 aromatic heterocycles. The van der Waals surface area contributed by atoms with Crippen molar-refractivity contribution < 1.29 is 18.6 Å². The van der Waals surface area contributed by atoms with Crippen molar-refractivity contribution in [2.75, 3.05) is 7.11 Å². The minimum absolute atomic E-state index is 0.255. The molecular weight excluding hydrogens is 248 g/mol. The van der Waals surface area contributed by atoms with Gasteiger partial charge in [0.05, 0.1) is 6.04 Å². The summed E-state index contributed by atoms with van der Waals surface area (Å²) in [4.78, 5) is 0. The summed E-state index contributed by atoms with van der Waals surface area (Å²) in [5, 5.41) is 9.13. The highest BCUT2D eigenvalue weighted by molar-refractivity contribution is 9.08. The number of nitrogens with one attached hydrogen (secondary N) is 1. The number of ether oxygens (including phenoxy) is 1. The van der Waals surface area contributed by atoms with Gasteiger partial charge in [-0.2, -0.15) is 0 Å². The number of methoxy groups -OCH3 is 1. The van der Waals surface area contributed by atoms with Gasteiger partial charge in [-0.1, -0.05) is 6.92 Å². The van der Waals surface area contributed by atoms with Crippen LogP contribution in [-0.4, -0.2) is 30.5 Å². The van der Waals surface area contributed by atoms with E-state index < -0.39 is 24.7 Å². The van der Waals surface area contributed by atoms with E-state index in [1.54, 1.807) is 0 Å². The van der Waals surface area contributed by atoms with Crippen LogP contribution in [0.5, 0.6) is 0 Å². The Kier molecular flexibility index (Phi) is 5.95. The Morgan fingerprint density at radius 1 is 1.62 bits per heavy atom. The van der Waals surface area contributed by atoms with Crippen molar-refractivity contribution in [2.24, 2.45) is 0 Å². The van der Waals surface area contributed by atoms with Crippen molar-refractivity contribution in [1.82, 2.24) is 4.34 Å². The van der Waals surface area contributed by atoms with E-state index in [0.717, 1.165) is 0 Å². The molecule has 0 amide bonds. The van der Waals surface area contributed by atoms with Crippen LogP contribution in [0.1, 0.15) is 19.8 Å². The number of hydrogen-bond acceptors (Lipinski definition) is 3. The number of hydrogen-bond donors (Lipinski definition) is 2. The van der Waals surface area contributed by atoms with Crippen LogP contribution in [0.2, 0.25) is 0 Å². The number of aliphatic hydroxyl groups excluding tert-OH is 1. The molecule has 0 aromatic carbocycles. The number of rotatable bonds is 6. The van der Waals surface area contributed by atoms with E-state index in [2.05, 4.69) is 25.2 Å². The van der Waals surface area contributed by atoms with E-state index in [0.29, 0.717) is 0 Å². The van der Waals surface area contributed by atoms with E-state index in [1.807, 2.05) is 0 Å². The fourth-order valence-corrected chi connectivity index (χ4v) is 1.21. The van der Waals surface area contributed by atoms with Crippen LogP contribution < -0.4 is 4.34 Å². The predicted molar refractivity (Wildman–Crippen MR) is 48.7 cm³/mol. The number of alkyl halides is 2. The Labute approximate surface area is 84.8 Å². The fraction of sp³-hybridized carbons (Fsp3) is 1.00. The standard InChI is InChI=1S/C7H14BrF2NO2/c1-3-7(9,10)4-5(11-8)6(12)13-2/h5-6,11-12H,3-4H2,1-2H3/t5-,6?/m0/s1. The molecule has 80 valence electrons. The molecule has 0 bridgehead atoms. The van der Waals surface area contributed by atoms with E-state index >= 15 is 0 Å². The third kappa shape index (κ3) is 4.85. The molecule has 6 heteroatoms. The van der Waals surface area contributed by atoms with Gasteiger partial charge in [-0.3, -0.25) is 0 Å². The van der Waals surface area contributed by atoms with E-state index in [9.17, 15) is 8.78 Å². The Balaban J connectivity index is 4.11. The van der Waals surface area contributed by atoms with Crippen molar-refractivity contribution in [3.8, 4) is 0 Å². The molecule has 2 N–H and O–H groups in total. The molecule has 0 rings (SSSR count). The second-order valence-corrected chi connectivity index (χ2v) is 3.21. The van der Waals surface area contributed by atoms with Gasteiger partial charge < -0.3 is 9.84 Å². The smallest absolute Gasteiger partial charge is 0.249 e. The third-order valence-corrected chi connectivity index (χ3v) is 2.35. The SMILES string of the molecule is CCC(F)(F)C[C@H](NBr)C(O)OC. The van der Waals surface area contributed by atoms with Crippen LogP contribution in [-0.2, 0) is 4.74 Å². The van der Waals surface area contributed by atoms with Crippen LogP contribution in [0.3, 0.4) is 0 Å². The molecule has 0 fully saturated rings. The zero-order valence-corrected chi connectivity index (χ0v) is 9.14. The minimum atomic E-state index is -2.79. The first-order chi connectivity index (χ1) is 5.96. The lowest BCUT2D eigenvalue weighted by atomic mass is 10.1. The molecule has 0 spiro atoms. The summed E-state index contributed by atoms with van der Waals surface area (Å²) in [7, 11) is 1.26. The maximum atomic E-state index is 12.9. The molecule has 2 atom stereocenters. The predicted octanol–water partition coefficient (Wildman–Crippen LogP) is 1.65. The number of halogens is 3. The zero-order valence-electron chi connectivity index (χ0n) is 7.56. The van der Waals surface area contributed by atoms with Crippen LogP contribution in [0.15, 0.2) is 0 Å². The quantitative estimate of drug-likeness (QED) is 0.565. The van der Waals surface area contributed by atoms with Gasteiger partial charge in [-0.05, 0) is 0 Å².